The van der Waals surface area contributed by atoms with E-state index < -0.39 is 0 Å². The van der Waals surface area contributed by atoms with Crippen LogP contribution >= 0.6 is 0 Å². The van der Waals surface area contributed by atoms with Crippen LogP contribution in [0.3, 0.4) is 0 Å². The number of carbonyl (C=O) groups is 1. The molecular formula is C18H26N2O. The average molecular weight is 286 g/mol. The number of hydrogen-bond acceptors (Lipinski definition) is 2. The number of carbonyl (C=O) groups excluding carboxylic acids is 1. The van der Waals surface area contributed by atoms with Gasteiger partial charge in [-0.05, 0) is 18.4 Å². The number of amides is 1. The summed E-state index contributed by atoms with van der Waals surface area (Å²) in [5.41, 5.74) is 7.57. The Bertz CT molecular complexity index is 465. The van der Waals surface area contributed by atoms with Crippen molar-refractivity contribution in [2.24, 2.45) is 11.7 Å². The van der Waals surface area contributed by atoms with Gasteiger partial charge in [-0.1, -0.05) is 56.0 Å². The second kappa shape index (κ2) is 6.61. The molecule has 3 rings (SSSR count). The zero-order chi connectivity index (χ0) is 14.7. The molecule has 1 amide bonds. The van der Waals surface area contributed by atoms with E-state index in [2.05, 4.69) is 24.3 Å². The van der Waals surface area contributed by atoms with Gasteiger partial charge in [0.25, 0.3) is 0 Å². The van der Waals surface area contributed by atoms with E-state index in [1.165, 1.54) is 31.2 Å². The van der Waals surface area contributed by atoms with Crippen LogP contribution in [0.25, 0.3) is 0 Å². The van der Waals surface area contributed by atoms with Crippen molar-refractivity contribution < 1.29 is 4.79 Å². The molecule has 2 aliphatic rings. The fourth-order valence-electron chi connectivity index (χ4n) is 3.85. The molecule has 1 saturated heterocycles. The monoisotopic (exact) mass is 286 g/mol. The van der Waals surface area contributed by atoms with Crippen LogP contribution in [0.15, 0.2) is 30.3 Å². The van der Waals surface area contributed by atoms with Crippen molar-refractivity contribution in [3.8, 4) is 0 Å². The molecule has 2 N–H and O–H groups in total. The topological polar surface area (TPSA) is 46.3 Å². The van der Waals surface area contributed by atoms with Gasteiger partial charge in [-0.2, -0.15) is 0 Å². The lowest BCUT2D eigenvalue weighted by molar-refractivity contribution is -0.134. The molecule has 1 aromatic carbocycles. The van der Waals surface area contributed by atoms with Gasteiger partial charge in [0, 0.05) is 31.0 Å². The minimum atomic E-state index is 0.0714. The van der Waals surface area contributed by atoms with Crippen LogP contribution in [0, 0.1) is 5.92 Å². The normalized spacial score (nSPS) is 27.6. The minimum absolute atomic E-state index is 0.0714. The summed E-state index contributed by atoms with van der Waals surface area (Å²) in [6.45, 7) is 1.51. The molecular weight excluding hydrogens is 260 g/mol. The summed E-state index contributed by atoms with van der Waals surface area (Å²) in [6.07, 6.45) is 7.13. The Morgan fingerprint density at radius 2 is 1.67 bits per heavy atom. The fraction of sp³-hybridized carbons (Fsp3) is 0.611. The predicted octanol–water partition coefficient (Wildman–Crippen LogP) is 2.91. The minimum Gasteiger partial charge on any atom is -0.340 e. The van der Waals surface area contributed by atoms with Crippen LogP contribution in [0.1, 0.15) is 50.0 Å². The summed E-state index contributed by atoms with van der Waals surface area (Å²) in [4.78, 5) is 14.8. The van der Waals surface area contributed by atoms with E-state index in [0.29, 0.717) is 11.8 Å². The third kappa shape index (κ3) is 3.29. The molecule has 1 heterocycles. The zero-order valence-electron chi connectivity index (χ0n) is 12.7. The van der Waals surface area contributed by atoms with E-state index in [9.17, 15) is 4.79 Å². The van der Waals surface area contributed by atoms with Gasteiger partial charge in [0.1, 0.15) is 0 Å². The molecule has 3 nitrogen and oxygen atoms in total. The Morgan fingerprint density at radius 3 is 2.33 bits per heavy atom. The molecule has 2 fully saturated rings. The molecule has 2 atom stereocenters. The lowest BCUT2D eigenvalue weighted by atomic mass is 9.95. The van der Waals surface area contributed by atoms with Crippen molar-refractivity contribution in [3.05, 3.63) is 35.9 Å². The highest BCUT2D eigenvalue weighted by Gasteiger charge is 2.36. The quantitative estimate of drug-likeness (QED) is 0.850. The van der Waals surface area contributed by atoms with Crippen LogP contribution in [0.2, 0.25) is 0 Å². The van der Waals surface area contributed by atoms with Gasteiger partial charge in [0.15, 0.2) is 0 Å². The second-order valence-electron chi connectivity index (χ2n) is 6.61. The molecule has 3 heteroatoms. The molecule has 0 aromatic heterocycles. The smallest absolute Gasteiger partial charge is 0.225 e. The first kappa shape index (κ1) is 14.6. The van der Waals surface area contributed by atoms with Crippen molar-refractivity contribution in [1.82, 2.24) is 4.90 Å². The third-order valence-corrected chi connectivity index (χ3v) is 5.11. The number of nitrogens with zero attached hydrogens (tertiary/aromatic N) is 1. The van der Waals surface area contributed by atoms with Gasteiger partial charge in [-0.15, -0.1) is 0 Å². The molecule has 1 aromatic rings. The first-order valence-corrected chi connectivity index (χ1v) is 8.35. The van der Waals surface area contributed by atoms with Crippen molar-refractivity contribution in [3.63, 3.8) is 0 Å². The Labute approximate surface area is 127 Å². The summed E-state index contributed by atoms with van der Waals surface area (Å²) in [7, 11) is 0. The van der Waals surface area contributed by atoms with E-state index in [-0.39, 0.29) is 12.0 Å². The maximum Gasteiger partial charge on any atom is 0.225 e. The largest absolute Gasteiger partial charge is 0.340 e. The van der Waals surface area contributed by atoms with E-state index in [1.807, 2.05) is 11.0 Å². The van der Waals surface area contributed by atoms with E-state index in [4.69, 9.17) is 5.73 Å². The highest BCUT2D eigenvalue weighted by atomic mass is 16.2. The van der Waals surface area contributed by atoms with Crippen LogP contribution in [-0.2, 0) is 4.79 Å². The van der Waals surface area contributed by atoms with Gasteiger partial charge in [-0.25, -0.2) is 0 Å². The maximum absolute atomic E-state index is 12.7. The number of hydrogen-bond donors (Lipinski definition) is 1. The number of benzene rings is 1. The first-order chi connectivity index (χ1) is 10.3. The predicted molar refractivity (Wildman–Crippen MR) is 84.9 cm³/mol. The number of rotatable bonds is 2. The lowest BCUT2D eigenvalue weighted by Crippen LogP contribution is -2.36. The molecule has 1 saturated carbocycles. The van der Waals surface area contributed by atoms with E-state index in [0.717, 1.165) is 25.9 Å². The number of likely N-dealkylation sites (tertiary alicyclic amines) is 1. The SMILES string of the molecule is N[C@@H]1CN(C(=O)C2CCCCCC2)C[C@H]1c1ccccc1. The molecule has 1 aliphatic carbocycles. The molecule has 114 valence electrons. The van der Waals surface area contributed by atoms with Crippen molar-refractivity contribution in [2.45, 2.75) is 50.5 Å². The molecule has 1 aliphatic heterocycles. The highest BCUT2D eigenvalue weighted by molar-refractivity contribution is 5.79. The summed E-state index contributed by atoms with van der Waals surface area (Å²) in [5.74, 6) is 0.890. The van der Waals surface area contributed by atoms with Gasteiger partial charge in [0.05, 0.1) is 0 Å². The van der Waals surface area contributed by atoms with Crippen LogP contribution in [-0.4, -0.2) is 29.9 Å². The molecule has 0 radical (unpaired) electrons. The lowest BCUT2D eigenvalue weighted by Gasteiger charge is -2.22. The van der Waals surface area contributed by atoms with Crippen LogP contribution in [0.4, 0.5) is 0 Å². The van der Waals surface area contributed by atoms with Gasteiger partial charge >= 0.3 is 0 Å². The number of nitrogens with two attached hydrogens (primary N) is 1. The van der Waals surface area contributed by atoms with Crippen molar-refractivity contribution in [2.75, 3.05) is 13.1 Å². The van der Waals surface area contributed by atoms with E-state index in [1.54, 1.807) is 0 Å². The van der Waals surface area contributed by atoms with Gasteiger partial charge < -0.3 is 10.6 Å². The fourth-order valence-corrected chi connectivity index (χ4v) is 3.85. The summed E-state index contributed by atoms with van der Waals surface area (Å²) in [5, 5.41) is 0. The van der Waals surface area contributed by atoms with Crippen LogP contribution < -0.4 is 5.73 Å². The Balaban J connectivity index is 1.66. The highest BCUT2D eigenvalue weighted by Crippen LogP contribution is 2.30. The summed E-state index contributed by atoms with van der Waals surface area (Å²) < 4.78 is 0. The van der Waals surface area contributed by atoms with Crippen molar-refractivity contribution >= 4 is 5.91 Å². The summed E-state index contributed by atoms with van der Waals surface area (Å²) in [6, 6.07) is 10.5. The average Bonchev–Trinajstić information content (AvgIpc) is 2.74. The molecule has 0 unspecified atom stereocenters. The Kier molecular flexibility index (Phi) is 4.59. The zero-order valence-corrected chi connectivity index (χ0v) is 12.7. The Hall–Kier alpha value is -1.35. The third-order valence-electron chi connectivity index (χ3n) is 5.11. The standard InChI is InChI=1S/C18H26N2O/c19-17-13-20(12-16(17)14-8-6-3-7-9-14)18(21)15-10-4-1-2-5-11-15/h3,6-9,15-17H,1-2,4-5,10-13,19H2/t16-,17+/m0/s1. The van der Waals surface area contributed by atoms with E-state index >= 15 is 0 Å². The Morgan fingerprint density at radius 1 is 1.00 bits per heavy atom. The molecule has 21 heavy (non-hydrogen) atoms. The van der Waals surface area contributed by atoms with Gasteiger partial charge in [-0.3, -0.25) is 4.79 Å². The van der Waals surface area contributed by atoms with Crippen LogP contribution in [0.5, 0.6) is 0 Å². The maximum atomic E-state index is 12.7. The summed E-state index contributed by atoms with van der Waals surface area (Å²) >= 11 is 0. The van der Waals surface area contributed by atoms with Gasteiger partial charge in [0.2, 0.25) is 5.91 Å². The molecule has 0 bridgehead atoms. The first-order valence-electron chi connectivity index (χ1n) is 8.35. The van der Waals surface area contributed by atoms with Crippen molar-refractivity contribution in [1.29, 1.82) is 0 Å². The second-order valence-corrected chi connectivity index (χ2v) is 6.61. The molecule has 0 spiro atoms.